The van der Waals surface area contributed by atoms with Gasteiger partial charge < -0.3 is 4.90 Å². The van der Waals surface area contributed by atoms with Gasteiger partial charge in [0.25, 0.3) is 0 Å². The molecule has 0 N–H and O–H groups in total. The summed E-state index contributed by atoms with van der Waals surface area (Å²) >= 11 is 0. The second-order valence-electron chi connectivity index (χ2n) is 7.70. The van der Waals surface area contributed by atoms with Crippen molar-refractivity contribution < 1.29 is 4.79 Å². The van der Waals surface area contributed by atoms with Crippen molar-refractivity contribution in [2.45, 2.75) is 37.6 Å². The highest BCUT2D eigenvalue weighted by Crippen LogP contribution is 2.37. The zero-order valence-electron chi connectivity index (χ0n) is 16.0. The van der Waals surface area contributed by atoms with Crippen LogP contribution in [0.3, 0.4) is 0 Å². The lowest BCUT2D eigenvalue weighted by Crippen LogP contribution is -2.42. The van der Waals surface area contributed by atoms with Crippen molar-refractivity contribution >= 4 is 11.6 Å². The predicted molar refractivity (Wildman–Crippen MR) is 104 cm³/mol. The highest BCUT2D eigenvalue weighted by molar-refractivity contribution is 5.94. The Bertz CT molecular complexity index is 860. The molecule has 0 bridgehead atoms. The van der Waals surface area contributed by atoms with Crippen LogP contribution < -0.4 is 10.6 Å². The summed E-state index contributed by atoms with van der Waals surface area (Å²) in [5.74, 6) is 1.35. The maximum absolute atomic E-state index is 12.6. The molecule has 7 nitrogen and oxygen atoms in total. The van der Waals surface area contributed by atoms with Crippen molar-refractivity contribution in [3.05, 3.63) is 46.6 Å². The number of carbonyl (C=O) groups is 1. The molecule has 2 heterocycles. The van der Waals surface area contributed by atoms with Gasteiger partial charge in [-0.2, -0.15) is 5.10 Å². The van der Waals surface area contributed by atoms with Crippen LogP contribution in [0.15, 0.2) is 35.1 Å². The number of amides is 1. The largest absolute Gasteiger partial charge is 0.345 e. The quantitative estimate of drug-likeness (QED) is 0.806. The summed E-state index contributed by atoms with van der Waals surface area (Å²) in [4.78, 5) is 28.8. The monoisotopic (exact) mass is 369 g/mol. The third kappa shape index (κ3) is 3.69. The molecule has 0 spiro atoms. The fraction of sp³-hybridized carbons (Fsp3) is 0.550. The van der Waals surface area contributed by atoms with E-state index in [0.717, 1.165) is 50.3 Å². The summed E-state index contributed by atoms with van der Waals surface area (Å²) in [6, 6.07) is 10.1. The smallest absolute Gasteiger partial charge is 0.314 e. The molecule has 1 aromatic heterocycles. The lowest BCUT2D eigenvalue weighted by molar-refractivity contribution is -0.119. The summed E-state index contributed by atoms with van der Waals surface area (Å²) < 4.78 is 3.38. The number of aryl methyl sites for hydroxylation is 1. The number of carbonyl (C=O) groups excluding carboxylic acids is 1. The molecule has 0 unspecified atom stereocenters. The first-order valence-electron chi connectivity index (χ1n) is 9.74. The molecule has 1 aromatic carbocycles. The Kier molecular flexibility index (Phi) is 4.86. The number of hydrogen-bond acceptors (Lipinski definition) is 4. The average molecular weight is 369 g/mol. The van der Waals surface area contributed by atoms with Crippen LogP contribution in [-0.2, 0) is 11.8 Å². The van der Waals surface area contributed by atoms with Crippen LogP contribution in [0.25, 0.3) is 0 Å². The minimum atomic E-state index is 0.00888. The number of rotatable bonds is 5. The third-order valence-corrected chi connectivity index (χ3v) is 5.72. The second kappa shape index (κ2) is 7.31. The van der Waals surface area contributed by atoms with Gasteiger partial charge in [-0.3, -0.25) is 14.3 Å². The summed E-state index contributed by atoms with van der Waals surface area (Å²) in [7, 11) is 3.56. The van der Waals surface area contributed by atoms with E-state index >= 15 is 0 Å². The summed E-state index contributed by atoms with van der Waals surface area (Å²) in [6.07, 6.45) is 4.03. The maximum Gasteiger partial charge on any atom is 0.345 e. The van der Waals surface area contributed by atoms with Crippen LogP contribution in [0.4, 0.5) is 5.69 Å². The minimum Gasteiger partial charge on any atom is -0.314 e. The van der Waals surface area contributed by atoms with E-state index in [1.807, 2.05) is 41.9 Å². The molecular formula is C20H27N5O2. The maximum atomic E-state index is 12.6. The van der Waals surface area contributed by atoms with E-state index in [0.29, 0.717) is 18.5 Å². The van der Waals surface area contributed by atoms with Crippen molar-refractivity contribution in [3.63, 3.8) is 0 Å². The number of aromatic nitrogens is 3. The van der Waals surface area contributed by atoms with Crippen LogP contribution in [0.1, 0.15) is 43.5 Å². The van der Waals surface area contributed by atoms with Crippen molar-refractivity contribution in [2.75, 3.05) is 31.6 Å². The van der Waals surface area contributed by atoms with E-state index in [9.17, 15) is 9.59 Å². The van der Waals surface area contributed by atoms with E-state index < -0.39 is 0 Å². The fourth-order valence-corrected chi connectivity index (χ4v) is 3.90. The summed E-state index contributed by atoms with van der Waals surface area (Å²) in [6.45, 7) is 2.14. The van der Waals surface area contributed by atoms with Crippen LogP contribution in [0, 0.1) is 0 Å². The number of likely N-dealkylation sites (tertiary alicyclic amines) is 1. The molecule has 2 aromatic rings. The number of para-hydroxylation sites is 1. The second-order valence-corrected chi connectivity index (χ2v) is 7.70. The normalized spacial score (nSPS) is 18.6. The molecule has 1 saturated carbocycles. The molecule has 2 aliphatic rings. The molecule has 2 fully saturated rings. The van der Waals surface area contributed by atoms with Gasteiger partial charge in [0.05, 0.1) is 6.54 Å². The summed E-state index contributed by atoms with van der Waals surface area (Å²) in [5.41, 5.74) is 0.925. The first kappa shape index (κ1) is 18.0. The molecular weight excluding hydrogens is 342 g/mol. The zero-order chi connectivity index (χ0) is 19.0. The Morgan fingerprint density at radius 2 is 1.81 bits per heavy atom. The Balaban J connectivity index is 1.36. The van der Waals surface area contributed by atoms with Crippen LogP contribution in [0.2, 0.25) is 0 Å². The van der Waals surface area contributed by atoms with Crippen molar-refractivity contribution in [1.82, 2.24) is 19.2 Å². The topological polar surface area (TPSA) is 63.4 Å². The van der Waals surface area contributed by atoms with Gasteiger partial charge in [0.2, 0.25) is 5.91 Å². The number of hydrogen-bond donors (Lipinski definition) is 0. The van der Waals surface area contributed by atoms with Crippen LogP contribution >= 0.6 is 0 Å². The lowest BCUT2D eigenvalue weighted by atomic mass is 9.96. The van der Waals surface area contributed by atoms with E-state index in [1.165, 1.54) is 4.68 Å². The van der Waals surface area contributed by atoms with Crippen molar-refractivity contribution in [2.24, 2.45) is 7.05 Å². The van der Waals surface area contributed by atoms with E-state index in [2.05, 4.69) is 10.00 Å². The van der Waals surface area contributed by atoms with Gasteiger partial charge in [0, 0.05) is 31.7 Å². The van der Waals surface area contributed by atoms with Crippen LogP contribution in [-0.4, -0.2) is 51.8 Å². The number of nitrogens with zero attached hydrogens (tertiary/aromatic N) is 5. The number of benzene rings is 1. The number of likely N-dealkylation sites (N-methyl/N-ethyl adjacent to an activating group) is 1. The van der Waals surface area contributed by atoms with Gasteiger partial charge in [-0.15, -0.1) is 0 Å². The molecule has 144 valence electrons. The lowest BCUT2D eigenvalue weighted by Gasteiger charge is -2.32. The molecule has 1 aliphatic carbocycles. The molecule has 1 saturated heterocycles. The average Bonchev–Trinajstić information content (AvgIpc) is 3.48. The van der Waals surface area contributed by atoms with Crippen molar-refractivity contribution in [3.8, 4) is 0 Å². The molecule has 1 amide bonds. The Labute approximate surface area is 159 Å². The highest BCUT2D eigenvalue weighted by atomic mass is 16.2. The predicted octanol–water partition coefficient (Wildman–Crippen LogP) is 1.76. The van der Waals surface area contributed by atoms with E-state index in [1.54, 1.807) is 11.9 Å². The SMILES string of the molecule is CN(C(=O)CN1CCC(c2nn(C)c(=O)n2C2CC2)CC1)c1ccccc1. The van der Waals surface area contributed by atoms with Gasteiger partial charge >= 0.3 is 5.69 Å². The minimum absolute atomic E-state index is 0.00888. The molecule has 4 rings (SSSR count). The van der Waals surface area contributed by atoms with Gasteiger partial charge in [0.15, 0.2) is 0 Å². The highest BCUT2D eigenvalue weighted by Gasteiger charge is 2.33. The van der Waals surface area contributed by atoms with Gasteiger partial charge in [-0.25, -0.2) is 9.48 Å². The number of piperidine rings is 1. The first-order chi connectivity index (χ1) is 13.0. The summed E-state index contributed by atoms with van der Waals surface area (Å²) in [5, 5.41) is 4.52. The standard InChI is InChI=1S/C20H27N5O2/c1-22(16-6-4-3-5-7-16)18(26)14-24-12-10-15(11-13-24)19-21-23(2)20(27)25(19)17-8-9-17/h3-7,15,17H,8-14H2,1-2H3. The van der Waals surface area contributed by atoms with Crippen molar-refractivity contribution in [1.29, 1.82) is 0 Å². The van der Waals surface area contributed by atoms with Gasteiger partial charge in [-0.1, -0.05) is 18.2 Å². The fourth-order valence-electron chi connectivity index (χ4n) is 3.90. The molecule has 0 atom stereocenters. The van der Waals surface area contributed by atoms with Gasteiger partial charge in [0.1, 0.15) is 5.82 Å². The van der Waals surface area contributed by atoms with E-state index in [-0.39, 0.29) is 11.6 Å². The van der Waals surface area contributed by atoms with Gasteiger partial charge in [-0.05, 0) is 50.9 Å². The first-order valence-corrected chi connectivity index (χ1v) is 9.74. The van der Waals surface area contributed by atoms with Crippen LogP contribution in [0.5, 0.6) is 0 Å². The Morgan fingerprint density at radius 1 is 1.15 bits per heavy atom. The molecule has 0 radical (unpaired) electrons. The molecule has 7 heteroatoms. The Morgan fingerprint density at radius 3 is 2.44 bits per heavy atom. The molecule has 1 aliphatic heterocycles. The zero-order valence-corrected chi connectivity index (χ0v) is 16.0. The Hall–Kier alpha value is -2.41. The molecule has 27 heavy (non-hydrogen) atoms. The number of anilines is 1. The third-order valence-electron chi connectivity index (χ3n) is 5.72. The van der Waals surface area contributed by atoms with E-state index in [4.69, 9.17) is 0 Å².